The van der Waals surface area contributed by atoms with Crippen LogP contribution in [0.5, 0.6) is 0 Å². The molecule has 9 nitrogen and oxygen atoms in total. The molecule has 1 heterocycles. The molecule has 0 radical (unpaired) electrons. The minimum Gasteiger partial charge on any atom is -0.261 e. The molecule has 0 aliphatic carbocycles. The zero-order valence-corrected chi connectivity index (χ0v) is 11.6. The molecule has 1 aliphatic rings. The summed E-state index contributed by atoms with van der Waals surface area (Å²) in [6, 6.07) is 8.30. The standard InChI is InChI=1S/C13H11N9/c14-2-1-11(3-15)20-8-21(12(4-16)5-17)10-22(9-20)13(6-18)7-19/h11-13H,1,8-10H2. The Bertz CT molecular complexity index is 576. The van der Waals surface area contributed by atoms with Crippen molar-refractivity contribution in [2.45, 2.75) is 24.5 Å². The van der Waals surface area contributed by atoms with Gasteiger partial charge in [-0.05, 0) is 0 Å². The van der Waals surface area contributed by atoms with Gasteiger partial charge in [0.05, 0.1) is 62.8 Å². The van der Waals surface area contributed by atoms with Crippen LogP contribution in [0.1, 0.15) is 6.42 Å². The van der Waals surface area contributed by atoms with Gasteiger partial charge in [-0.3, -0.25) is 4.90 Å². The van der Waals surface area contributed by atoms with E-state index in [9.17, 15) is 0 Å². The largest absolute Gasteiger partial charge is 0.261 e. The predicted octanol–water partition coefficient (Wildman–Crippen LogP) is -0.584. The molecule has 0 N–H and O–H groups in total. The molecule has 0 aromatic carbocycles. The molecule has 0 saturated carbocycles. The van der Waals surface area contributed by atoms with Gasteiger partial charge in [-0.2, -0.15) is 31.6 Å². The van der Waals surface area contributed by atoms with Crippen molar-refractivity contribution in [2.24, 2.45) is 0 Å². The topological polar surface area (TPSA) is 152 Å². The van der Waals surface area contributed by atoms with E-state index in [1.165, 1.54) is 9.80 Å². The number of nitrogens with zero attached hydrogens (tertiary/aromatic N) is 9. The highest BCUT2D eigenvalue weighted by molar-refractivity contribution is 5.12. The van der Waals surface area contributed by atoms with Crippen molar-refractivity contribution in [1.29, 1.82) is 31.6 Å². The van der Waals surface area contributed by atoms with Crippen molar-refractivity contribution in [2.75, 3.05) is 20.0 Å². The summed E-state index contributed by atoms with van der Waals surface area (Å²) >= 11 is 0. The SMILES string of the molecule is N#CCC(C#N)N1CN(C(C#N)C#N)CN(C(C#N)C#N)C1. The summed E-state index contributed by atoms with van der Waals surface area (Å²) in [5.74, 6) is 0. The van der Waals surface area contributed by atoms with Gasteiger partial charge in [0.25, 0.3) is 0 Å². The van der Waals surface area contributed by atoms with Gasteiger partial charge >= 0.3 is 0 Å². The number of hydrogen-bond acceptors (Lipinski definition) is 9. The minimum atomic E-state index is -1.07. The summed E-state index contributed by atoms with van der Waals surface area (Å²) in [7, 11) is 0. The molecule has 0 amide bonds. The first kappa shape index (κ1) is 16.9. The molecule has 0 bridgehead atoms. The third-order valence-electron chi connectivity index (χ3n) is 3.18. The molecule has 0 aromatic rings. The minimum absolute atomic E-state index is 0.0499. The van der Waals surface area contributed by atoms with E-state index < -0.39 is 18.1 Å². The van der Waals surface area contributed by atoms with E-state index in [4.69, 9.17) is 31.6 Å². The summed E-state index contributed by atoms with van der Waals surface area (Å²) in [6.45, 7) is 0.344. The molecular formula is C13H11N9. The summed E-state index contributed by atoms with van der Waals surface area (Å²) in [4.78, 5) is 4.47. The zero-order valence-electron chi connectivity index (χ0n) is 11.6. The average molecular weight is 293 g/mol. The summed E-state index contributed by atoms with van der Waals surface area (Å²) in [5, 5.41) is 53.9. The van der Waals surface area contributed by atoms with Crippen LogP contribution in [-0.4, -0.2) is 52.8 Å². The Morgan fingerprint density at radius 1 is 0.636 bits per heavy atom. The molecular weight excluding hydrogens is 282 g/mol. The molecule has 1 unspecified atom stereocenters. The van der Waals surface area contributed by atoms with E-state index in [1.54, 1.807) is 4.90 Å². The predicted molar refractivity (Wildman–Crippen MR) is 69.8 cm³/mol. The molecule has 22 heavy (non-hydrogen) atoms. The first-order chi connectivity index (χ1) is 10.6. The number of rotatable bonds is 4. The van der Waals surface area contributed by atoms with E-state index in [0.29, 0.717) is 0 Å². The zero-order chi connectivity index (χ0) is 16.5. The first-order valence-electron chi connectivity index (χ1n) is 6.22. The lowest BCUT2D eigenvalue weighted by Crippen LogP contribution is -2.61. The van der Waals surface area contributed by atoms with Gasteiger partial charge in [0.1, 0.15) is 6.04 Å². The maximum atomic E-state index is 9.15. The van der Waals surface area contributed by atoms with Crippen molar-refractivity contribution in [3.05, 3.63) is 0 Å². The molecule has 0 spiro atoms. The van der Waals surface area contributed by atoms with Gasteiger partial charge in [-0.15, -0.1) is 0 Å². The maximum Gasteiger partial charge on any atom is 0.188 e. The molecule has 0 aromatic heterocycles. The first-order valence-corrected chi connectivity index (χ1v) is 6.22. The molecule has 108 valence electrons. The van der Waals surface area contributed by atoms with Gasteiger partial charge < -0.3 is 0 Å². The number of nitriles is 6. The third-order valence-corrected chi connectivity index (χ3v) is 3.18. The second-order valence-electron chi connectivity index (χ2n) is 4.52. The van der Waals surface area contributed by atoms with Crippen LogP contribution < -0.4 is 0 Å². The molecule has 1 atom stereocenters. The van der Waals surface area contributed by atoms with Crippen LogP contribution in [0.3, 0.4) is 0 Å². The van der Waals surface area contributed by atoms with Crippen LogP contribution in [0.25, 0.3) is 0 Å². The van der Waals surface area contributed by atoms with Gasteiger partial charge in [0, 0.05) is 0 Å². The highest BCUT2D eigenvalue weighted by Gasteiger charge is 2.35. The Morgan fingerprint density at radius 2 is 1.05 bits per heavy atom. The molecule has 1 rings (SSSR count). The lowest BCUT2D eigenvalue weighted by molar-refractivity contribution is -0.0461. The molecule has 1 aliphatic heterocycles. The average Bonchev–Trinajstić information content (AvgIpc) is 2.55. The van der Waals surface area contributed by atoms with Crippen molar-refractivity contribution in [1.82, 2.24) is 14.7 Å². The van der Waals surface area contributed by atoms with Crippen LogP contribution in [0.15, 0.2) is 0 Å². The van der Waals surface area contributed by atoms with Crippen LogP contribution in [0, 0.1) is 68.0 Å². The van der Waals surface area contributed by atoms with Gasteiger partial charge in [0.15, 0.2) is 12.1 Å². The van der Waals surface area contributed by atoms with Crippen LogP contribution in [0.2, 0.25) is 0 Å². The fraction of sp³-hybridized carbons (Fsp3) is 0.538. The number of hydrogen-bond donors (Lipinski definition) is 0. The smallest absolute Gasteiger partial charge is 0.188 e. The quantitative estimate of drug-likeness (QED) is 0.661. The van der Waals surface area contributed by atoms with E-state index in [0.717, 1.165) is 0 Å². The van der Waals surface area contributed by atoms with E-state index in [-0.39, 0.29) is 26.4 Å². The third kappa shape index (κ3) is 3.68. The Kier molecular flexibility index (Phi) is 6.28. The second-order valence-corrected chi connectivity index (χ2v) is 4.52. The highest BCUT2D eigenvalue weighted by Crippen LogP contribution is 2.16. The van der Waals surface area contributed by atoms with Crippen molar-refractivity contribution < 1.29 is 0 Å². The van der Waals surface area contributed by atoms with Crippen LogP contribution in [0.4, 0.5) is 0 Å². The van der Waals surface area contributed by atoms with Crippen LogP contribution >= 0.6 is 0 Å². The lowest BCUT2D eigenvalue weighted by atomic mass is 10.2. The van der Waals surface area contributed by atoms with E-state index in [1.807, 2.05) is 36.4 Å². The van der Waals surface area contributed by atoms with Crippen molar-refractivity contribution in [3.63, 3.8) is 0 Å². The second kappa shape index (κ2) is 8.18. The lowest BCUT2D eigenvalue weighted by Gasteiger charge is -2.43. The van der Waals surface area contributed by atoms with Gasteiger partial charge in [0.2, 0.25) is 0 Å². The Labute approximate surface area is 128 Å². The maximum absolute atomic E-state index is 9.15. The molecule has 1 saturated heterocycles. The monoisotopic (exact) mass is 293 g/mol. The fourth-order valence-corrected chi connectivity index (χ4v) is 2.09. The Morgan fingerprint density at radius 3 is 1.36 bits per heavy atom. The Hall–Kier alpha value is -3.18. The fourth-order valence-electron chi connectivity index (χ4n) is 2.09. The molecule has 9 heteroatoms. The van der Waals surface area contributed by atoms with E-state index >= 15 is 0 Å². The van der Waals surface area contributed by atoms with Crippen molar-refractivity contribution in [3.8, 4) is 36.4 Å². The summed E-state index contributed by atoms with van der Waals surface area (Å²) in [6.07, 6.45) is -0.0499. The highest BCUT2D eigenvalue weighted by atomic mass is 15.5. The van der Waals surface area contributed by atoms with E-state index in [2.05, 4.69) is 0 Å². The normalized spacial score (nSPS) is 17.5. The Balaban J connectivity index is 3.06. The summed E-state index contributed by atoms with van der Waals surface area (Å²) in [5.41, 5.74) is 0. The van der Waals surface area contributed by atoms with Crippen LogP contribution in [-0.2, 0) is 0 Å². The van der Waals surface area contributed by atoms with Gasteiger partial charge in [-0.1, -0.05) is 0 Å². The van der Waals surface area contributed by atoms with Gasteiger partial charge in [-0.25, -0.2) is 9.80 Å². The molecule has 1 fully saturated rings. The summed E-state index contributed by atoms with van der Waals surface area (Å²) < 4.78 is 0. The van der Waals surface area contributed by atoms with Crippen molar-refractivity contribution >= 4 is 0 Å².